The van der Waals surface area contributed by atoms with Crippen molar-refractivity contribution in [1.82, 2.24) is 0 Å². The van der Waals surface area contributed by atoms with Crippen molar-refractivity contribution in [2.45, 2.75) is 69.8 Å². The Bertz CT molecular complexity index is 734. The summed E-state index contributed by atoms with van der Waals surface area (Å²) in [6, 6.07) is 6.22. The number of hydrogen-bond donors (Lipinski definition) is 1. The van der Waals surface area contributed by atoms with E-state index in [1.807, 2.05) is 0 Å². The molecule has 0 aromatic heterocycles. The largest absolute Gasteiger partial charge is 0.481 e. The van der Waals surface area contributed by atoms with Gasteiger partial charge in [0.2, 0.25) is 5.91 Å². The number of rotatable bonds is 4. The summed E-state index contributed by atoms with van der Waals surface area (Å²) in [5.74, 6) is 0.605. The second-order valence-electron chi connectivity index (χ2n) is 8.66. The SMILES string of the molecule is CC(Oc1ccc(N2CC[C@]3(CC[C@](O)(C4CC4)CC3)C2=O)cc1)C(F)(F)F. The molecule has 1 spiro atoms. The minimum Gasteiger partial charge on any atom is -0.481 e. The van der Waals surface area contributed by atoms with Crippen LogP contribution in [0.1, 0.15) is 51.9 Å². The van der Waals surface area contributed by atoms with Crippen LogP contribution in [0.15, 0.2) is 24.3 Å². The molecular weight excluding hydrogens is 371 g/mol. The molecule has 4 nitrogen and oxygen atoms in total. The summed E-state index contributed by atoms with van der Waals surface area (Å²) in [6.45, 7) is 1.56. The van der Waals surface area contributed by atoms with Crippen molar-refractivity contribution < 1.29 is 27.8 Å². The fraction of sp³-hybridized carbons (Fsp3) is 0.667. The van der Waals surface area contributed by atoms with Crippen LogP contribution < -0.4 is 9.64 Å². The normalized spacial score (nSPS) is 32.0. The lowest BCUT2D eigenvalue weighted by Gasteiger charge is -2.41. The van der Waals surface area contributed by atoms with Crippen LogP contribution in [0.3, 0.4) is 0 Å². The van der Waals surface area contributed by atoms with Gasteiger partial charge in [-0.25, -0.2) is 0 Å². The zero-order chi connectivity index (χ0) is 20.2. The van der Waals surface area contributed by atoms with E-state index < -0.39 is 23.3 Å². The molecule has 1 amide bonds. The van der Waals surface area contributed by atoms with Crippen LogP contribution in [-0.2, 0) is 4.79 Å². The van der Waals surface area contributed by atoms with Crippen molar-refractivity contribution >= 4 is 11.6 Å². The van der Waals surface area contributed by atoms with E-state index in [2.05, 4.69) is 0 Å². The van der Waals surface area contributed by atoms with Crippen LogP contribution in [0.5, 0.6) is 5.75 Å². The van der Waals surface area contributed by atoms with Gasteiger partial charge in [0.05, 0.1) is 11.0 Å². The molecule has 154 valence electrons. The first-order valence-corrected chi connectivity index (χ1v) is 10.0. The third-order valence-electron chi connectivity index (χ3n) is 6.85. The summed E-state index contributed by atoms with van der Waals surface area (Å²) in [6.07, 6.45) is -0.592. The Labute approximate surface area is 162 Å². The van der Waals surface area contributed by atoms with Crippen molar-refractivity contribution in [3.05, 3.63) is 24.3 Å². The standard InChI is InChI=1S/C21H26F3NO3/c1-14(21(22,23)24)28-17-6-4-16(5-7-17)25-13-12-19(18(25)26)8-10-20(27,11-9-19)15-2-3-15/h4-7,14-15,27H,2-3,8-13H2,1H3/t14?,19-,20-. The van der Waals surface area contributed by atoms with Gasteiger partial charge in [-0.1, -0.05) is 0 Å². The molecule has 28 heavy (non-hydrogen) atoms. The highest BCUT2D eigenvalue weighted by Gasteiger charge is 2.54. The fourth-order valence-electron chi connectivity index (χ4n) is 4.70. The van der Waals surface area contributed by atoms with Crippen LogP contribution in [0.25, 0.3) is 0 Å². The Morgan fingerprint density at radius 1 is 1.11 bits per heavy atom. The van der Waals surface area contributed by atoms with Gasteiger partial charge in [-0.05, 0) is 82.1 Å². The molecule has 4 rings (SSSR count). The van der Waals surface area contributed by atoms with E-state index in [1.165, 1.54) is 12.1 Å². The fourth-order valence-corrected chi connectivity index (χ4v) is 4.70. The Kier molecular flexibility index (Phi) is 4.64. The van der Waals surface area contributed by atoms with E-state index in [9.17, 15) is 23.1 Å². The quantitative estimate of drug-likeness (QED) is 0.816. The maximum Gasteiger partial charge on any atom is 0.425 e. The molecule has 0 radical (unpaired) electrons. The van der Waals surface area contributed by atoms with E-state index >= 15 is 0 Å². The molecule has 2 saturated carbocycles. The van der Waals surface area contributed by atoms with E-state index in [-0.39, 0.29) is 11.7 Å². The average Bonchev–Trinajstić information content (AvgIpc) is 3.45. The molecular formula is C21H26F3NO3. The second kappa shape index (κ2) is 6.65. The van der Waals surface area contributed by atoms with Crippen molar-refractivity contribution in [3.63, 3.8) is 0 Å². The van der Waals surface area contributed by atoms with E-state index in [4.69, 9.17) is 4.74 Å². The Morgan fingerprint density at radius 2 is 1.71 bits per heavy atom. The van der Waals surface area contributed by atoms with Crippen LogP contribution in [0, 0.1) is 11.3 Å². The first-order chi connectivity index (χ1) is 13.1. The molecule has 0 bridgehead atoms. The Hall–Kier alpha value is -1.76. The molecule has 2 aliphatic carbocycles. The van der Waals surface area contributed by atoms with Gasteiger partial charge in [-0.3, -0.25) is 4.79 Å². The van der Waals surface area contributed by atoms with Crippen LogP contribution in [0.2, 0.25) is 0 Å². The number of alkyl halides is 3. The highest BCUT2D eigenvalue weighted by molar-refractivity contribution is 6.00. The maximum absolute atomic E-state index is 13.1. The predicted molar refractivity (Wildman–Crippen MR) is 98.1 cm³/mol. The van der Waals surface area contributed by atoms with Crippen LogP contribution in [-0.4, -0.2) is 35.4 Å². The lowest BCUT2D eigenvalue weighted by molar-refractivity contribution is -0.189. The number of aliphatic hydroxyl groups is 1. The number of nitrogens with zero attached hydrogens (tertiary/aromatic N) is 1. The highest BCUT2D eigenvalue weighted by Crippen LogP contribution is 2.54. The summed E-state index contributed by atoms with van der Waals surface area (Å²) >= 11 is 0. The summed E-state index contributed by atoms with van der Waals surface area (Å²) in [7, 11) is 0. The molecule has 3 aliphatic rings. The molecule has 1 atom stereocenters. The van der Waals surface area contributed by atoms with Crippen molar-refractivity contribution in [2.75, 3.05) is 11.4 Å². The average molecular weight is 397 g/mol. The van der Waals surface area contributed by atoms with Gasteiger partial charge in [-0.15, -0.1) is 0 Å². The minimum absolute atomic E-state index is 0.0719. The van der Waals surface area contributed by atoms with Crippen LogP contribution in [0.4, 0.5) is 18.9 Å². The van der Waals surface area contributed by atoms with E-state index in [0.717, 1.165) is 26.2 Å². The van der Waals surface area contributed by atoms with Gasteiger partial charge in [0.1, 0.15) is 5.75 Å². The summed E-state index contributed by atoms with van der Waals surface area (Å²) in [4.78, 5) is 14.9. The summed E-state index contributed by atoms with van der Waals surface area (Å²) in [5, 5.41) is 10.8. The number of hydrogen-bond acceptors (Lipinski definition) is 3. The number of anilines is 1. The molecule has 3 fully saturated rings. The molecule has 1 aromatic carbocycles. The molecule has 1 aromatic rings. The molecule has 1 unspecified atom stereocenters. The lowest BCUT2D eigenvalue weighted by Crippen LogP contribution is -2.44. The third kappa shape index (κ3) is 3.49. The van der Waals surface area contributed by atoms with Crippen molar-refractivity contribution in [3.8, 4) is 5.75 Å². The molecule has 1 saturated heterocycles. The molecule has 1 heterocycles. The first-order valence-electron chi connectivity index (χ1n) is 10.0. The number of carbonyl (C=O) groups is 1. The third-order valence-corrected chi connectivity index (χ3v) is 6.85. The second-order valence-corrected chi connectivity index (χ2v) is 8.66. The predicted octanol–water partition coefficient (Wildman–Crippen LogP) is 4.45. The molecule has 1 aliphatic heterocycles. The molecule has 1 N–H and O–H groups in total. The Balaban J connectivity index is 1.41. The van der Waals surface area contributed by atoms with Crippen molar-refractivity contribution in [1.29, 1.82) is 0 Å². The minimum atomic E-state index is -4.42. The maximum atomic E-state index is 13.1. The summed E-state index contributed by atoms with van der Waals surface area (Å²) < 4.78 is 42.8. The zero-order valence-electron chi connectivity index (χ0n) is 16.0. The number of halogens is 3. The lowest BCUT2D eigenvalue weighted by atomic mass is 9.66. The molecule has 7 heteroatoms. The Morgan fingerprint density at radius 3 is 2.25 bits per heavy atom. The van der Waals surface area contributed by atoms with Crippen molar-refractivity contribution in [2.24, 2.45) is 11.3 Å². The van der Waals surface area contributed by atoms with E-state index in [0.29, 0.717) is 43.8 Å². The van der Waals surface area contributed by atoms with Gasteiger partial charge in [0.15, 0.2) is 6.10 Å². The van der Waals surface area contributed by atoms with Gasteiger partial charge >= 0.3 is 6.18 Å². The van der Waals surface area contributed by atoms with Gasteiger partial charge in [0.25, 0.3) is 0 Å². The zero-order valence-corrected chi connectivity index (χ0v) is 16.0. The smallest absolute Gasteiger partial charge is 0.425 e. The van der Waals surface area contributed by atoms with Crippen LogP contribution >= 0.6 is 0 Å². The van der Waals surface area contributed by atoms with Gasteiger partial charge in [0, 0.05) is 12.2 Å². The summed E-state index contributed by atoms with van der Waals surface area (Å²) in [5.41, 5.74) is -0.314. The van der Waals surface area contributed by atoms with E-state index in [1.54, 1.807) is 17.0 Å². The topological polar surface area (TPSA) is 49.8 Å². The van der Waals surface area contributed by atoms with Gasteiger partial charge in [-0.2, -0.15) is 13.2 Å². The first kappa shape index (κ1) is 19.6. The number of carbonyl (C=O) groups excluding carboxylic acids is 1. The number of amides is 1. The number of ether oxygens (including phenoxy) is 1. The number of benzene rings is 1. The van der Waals surface area contributed by atoms with Gasteiger partial charge < -0.3 is 14.7 Å². The monoisotopic (exact) mass is 397 g/mol. The highest BCUT2D eigenvalue weighted by atomic mass is 19.4.